The SMILES string of the molecule is CCN(CC)CCSCCn1ccc(N)n1. The second kappa shape index (κ2) is 7.57. The second-order valence-electron chi connectivity index (χ2n) is 3.64. The first-order valence-electron chi connectivity index (χ1n) is 5.85. The maximum absolute atomic E-state index is 5.54. The van der Waals surface area contributed by atoms with Crippen molar-refractivity contribution >= 4 is 17.6 Å². The number of nitrogens with zero attached hydrogens (tertiary/aromatic N) is 3. The summed E-state index contributed by atoms with van der Waals surface area (Å²) in [6.45, 7) is 8.83. The van der Waals surface area contributed by atoms with E-state index in [4.69, 9.17) is 5.73 Å². The van der Waals surface area contributed by atoms with Gasteiger partial charge in [-0.15, -0.1) is 0 Å². The van der Waals surface area contributed by atoms with Gasteiger partial charge in [0, 0.05) is 24.2 Å². The van der Waals surface area contributed by atoms with Crippen LogP contribution in [0.25, 0.3) is 0 Å². The number of aryl methyl sites for hydroxylation is 1. The molecule has 0 saturated heterocycles. The predicted molar refractivity (Wildman–Crippen MR) is 71.8 cm³/mol. The quantitative estimate of drug-likeness (QED) is 0.703. The Hall–Kier alpha value is -0.680. The lowest BCUT2D eigenvalue weighted by atomic mass is 10.5. The van der Waals surface area contributed by atoms with Gasteiger partial charge in [0.05, 0.1) is 6.54 Å². The average Bonchev–Trinajstić information content (AvgIpc) is 2.70. The molecular weight excluding hydrogens is 220 g/mol. The highest BCUT2D eigenvalue weighted by molar-refractivity contribution is 7.99. The van der Waals surface area contributed by atoms with Gasteiger partial charge in [-0.25, -0.2) is 0 Å². The molecule has 4 nitrogen and oxygen atoms in total. The van der Waals surface area contributed by atoms with Crippen LogP contribution in [-0.4, -0.2) is 45.8 Å². The van der Waals surface area contributed by atoms with Crippen LogP contribution in [0.4, 0.5) is 5.82 Å². The number of hydrogen-bond donors (Lipinski definition) is 1. The summed E-state index contributed by atoms with van der Waals surface area (Å²) in [5, 5.41) is 4.15. The first kappa shape index (κ1) is 13.4. The second-order valence-corrected chi connectivity index (χ2v) is 4.87. The lowest BCUT2D eigenvalue weighted by Crippen LogP contribution is -2.25. The minimum Gasteiger partial charge on any atom is -0.382 e. The Morgan fingerprint density at radius 2 is 2.12 bits per heavy atom. The number of thioether (sulfide) groups is 1. The highest BCUT2D eigenvalue weighted by Gasteiger charge is 1.99. The Kier molecular flexibility index (Phi) is 6.33. The van der Waals surface area contributed by atoms with Crippen LogP contribution in [-0.2, 0) is 6.54 Å². The van der Waals surface area contributed by atoms with Gasteiger partial charge in [-0.3, -0.25) is 4.68 Å². The van der Waals surface area contributed by atoms with Crippen molar-refractivity contribution in [2.24, 2.45) is 0 Å². The van der Waals surface area contributed by atoms with E-state index in [2.05, 4.69) is 23.8 Å². The summed E-state index contributed by atoms with van der Waals surface area (Å²) in [6.07, 6.45) is 1.93. The zero-order chi connectivity index (χ0) is 11.8. The van der Waals surface area contributed by atoms with Gasteiger partial charge < -0.3 is 10.6 Å². The molecule has 1 rings (SSSR count). The van der Waals surface area contributed by atoms with Crippen LogP contribution in [0.5, 0.6) is 0 Å². The number of nitrogens with two attached hydrogens (primary N) is 1. The normalized spacial score (nSPS) is 11.2. The predicted octanol–water partition coefficient (Wildman–Crippen LogP) is 1.54. The molecule has 2 N–H and O–H groups in total. The van der Waals surface area contributed by atoms with E-state index in [1.807, 2.05) is 28.7 Å². The molecule has 0 fully saturated rings. The highest BCUT2D eigenvalue weighted by atomic mass is 32.2. The van der Waals surface area contributed by atoms with E-state index in [-0.39, 0.29) is 0 Å². The van der Waals surface area contributed by atoms with Crippen molar-refractivity contribution < 1.29 is 0 Å². The zero-order valence-corrected chi connectivity index (χ0v) is 11.0. The van der Waals surface area contributed by atoms with E-state index in [9.17, 15) is 0 Å². The first-order valence-corrected chi connectivity index (χ1v) is 7.00. The van der Waals surface area contributed by atoms with Crippen LogP contribution in [0.2, 0.25) is 0 Å². The number of nitrogen functional groups attached to an aromatic ring is 1. The zero-order valence-electron chi connectivity index (χ0n) is 10.2. The number of anilines is 1. The van der Waals surface area contributed by atoms with Gasteiger partial charge in [0.1, 0.15) is 5.82 Å². The summed E-state index contributed by atoms with van der Waals surface area (Å²) in [7, 11) is 0. The molecule has 1 aromatic rings. The lowest BCUT2D eigenvalue weighted by Gasteiger charge is -2.17. The maximum atomic E-state index is 5.54. The van der Waals surface area contributed by atoms with Gasteiger partial charge in [-0.2, -0.15) is 16.9 Å². The molecule has 1 aromatic heterocycles. The molecule has 0 aliphatic heterocycles. The topological polar surface area (TPSA) is 47.1 Å². The smallest absolute Gasteiger partial charge is 0.145 e. The summed E-state index contributed by atoms with van der Waals surface area (Å²) in [5.74, 6) is 2.90. The van der Waals surface area contributed by atoms with Gasteiger partial charge in [-0.05, 0) is 19.2 Å². The van der Waals surface area contributed by atoms with Crippen molar-refractivity contribution in [1.29, 1.82) is 0 Å². The molecule has 0 spiro atoms. The maximum Gasteiger partial charge on any atom is 0.145 e. The van der Waals surface area contributed by atoms with E-state index in [0.717, 1.165) is 25.4 Å². The first-order chi connectivity index (χ1) is 7.76. The number of rotatable bonds is 8. The fourth-order valence-corrected chi connectivity index (χ4v) is 2.40. The molecule has 1 heterocycles. The van der Waals surface area contributed by atoms with Gasteiger partial charge in [0.15, 0.2) is 0 Å². The van der Waals surface area contributed by atoms with Crippen LogP contribution in [0, 0.1) is 0 Å². The molecule has 5 heteroatoms. The monoisotopic (exact) mass is 242 g/mol. The summed E-state index contributed by atoms with van der Waals surface area (Å²) in [4.78, 5) is 2.44. The van der Waals surface area contributed by atoms with Crippen molar-refractivity contribution in [1.82, 2.24) is 14.7 Å². The Morgan fingerprint density at radius 3 is 2.69 bits per heavy atom. The van der Waals surface area contributed by atoms with Crippen molar-refractivity contribution in [3.8, 4) is 0 Å². The fourth-order valence-electron chi connectivity index (χ4n) is 1.50. The Morgan fingerprint density at radius 1 is 1.38 bits per heavy atom. The molecular formula is C11H22N4S. The van der Waals surface area contributed by atoms with Crippen LogP contribution in [0.1, 0.15) is 13.8 Å². The van der Waals surface area contributed by atoms with Crippen LogP contribution in [0.3, 0.4) is 0 Å². The summed E-state index contributed by atoms with van der Waals surface area (Å²) in [6, 6.07) is 1.83. The van der Waals surface area contributed by atoms with Crippen molar-refractivity contribution in [2.75, 3.05) is 36.9 Å². The van der Waals surface area contributed by atoms with Gasteiger partial charge in [0.25, 0.3) is 0 Å². The van der Waals surface area contributed by atoms with Crippen LogP contribution < -0.4 is 5.73 Å². The van der Waals surface area contributed by atoms with E-state index >= 15 is 0 Å². The third-order valence-electron chi connectivity index (χ3n) is 2.57. The standard InChI is InChI=1S/C11H22N4S/c1-3-14(4-2)7-9-16-10-8-15-6-5-11(12)13-15/h5-6H,3-4,7-10H2,1-2H3,(H2,12,13). The fraction of sp³-hybridized carbons (Fsp3) is 0.727. The van der Waals surface area contributed by atoms with E-state index < -0.39 is 0 Å². The van der Waals surface area contributed by atoms with Crippen molar-refractivity contribution in [3.05, 3.63) is 12.3 Å². The number of hydrogen-bond acceptors (Lipinski definition) is 4. The molecule has 0 amide bonds. The minimum absolute atomic E-state index is 0.605. The molecule has 0 aliphatic rings. The van der Waals surface area contributed by atoms with Crippen molar-refractivity contribution in [3.63, 3.8) is 0 Å². The van der Waals surface area contributed by atoms with E-state index in [1.165, 1.54) is 12.3 Å². The summed E-state index contributed by atoms with van der Waals surface area (Å²) >= 11 is 1.97. The van der Waals surface area contributed by atoms with E-state index in [1.54, 1.807) is 0 Å². The van der Waals surface area contributed by atoms with Crippen LogP contribution >= 0.6 is 11.8 Å². The number of aromatic nitrogens is 2. The summed E-state index contributed by atoms with van der Waals surface area (Å²) in [5.41, 5.74) is 5.54. The molecule has 0 aromatic carbocycles. The highest BCUT2D eigenvalue weighted by Crippen LogP contribution is 2.03. The summed E-state index contributed by atoms with van der Waals surface area (Å²) < 4.78 is 1.90. The third kappa shape index (κ3) is 4.90. The molecule has 0 radical (unpaired) electrons. The van der Waals surface area contributed by atoms with Gasteiger partial charge in [-0.1, -0.05) is 13.8 Å². The van der Waals surface area contributed by atoms with Crippen LogP contribution in [0.15, 0.2) is 12.3 Å². The Bertz CT molecular complexity index is 283. The minimum atomic E-state index is 0.605. The molecule has 92 valence electrons. The van der Waals surface area contributed by atoms with Crippen molar-refractivity contribution in [2.45, 2.75) is 20.4 Å². The third-order valence-corrected chi connectivity index (χ3v) is 3.51. The molecule has 0 atom stereocenters. The molecule has 0 unspecified atom stereocenters. The molecule has 0 aliphatic carbocycles. The van der Waals surface area contributed by atoms with E-state index in [0.29, 0.717) is 5.82 Å². The largest absolute Gasteiger partial charge is 0.382 e. The Labute approximate surface area is 102 Å². The lowest BCUT2D eigenvalue weighted by molar-refractivity contribution is 0.324. The average molecular weight is 242 g/mol. The van der Waals surface area contributed by atoms with Gasteiger partial charge >= 0.3 is 0 Å². The molecule has 16 heavy (non-hydrogen) atoms. The Balaban J connectivity index is 2.04. The molecule has 0 saturated carbocycles. The molecule has 0 bridgehead atoms. The van der Waals surface area contributed by atoms with Gasteiger partial charge in [0.2, 0.25) is 0 Å².